The zero-order valence-electron chi connectivity index (χ0n) is 18.8. The summed E-state index contributed by atoms with van der Waals surface area (Å²) in [4.78, 5) is 17.9. The van der Waals surface area contributed by atoms with Gasteiger partial charge >= 0.3 is 0 Å². The van der Waals surface area contributed by atoms with Crippen molar-refractivity contribution in [2.75, 3.05) is 56.5 Å². The Bertz CT molecular complexity index is 1040. The van der Waals surface area contributed by atoms with Gasteiger partial charge in [0.05, 0.1) is 4.90 Å². The molecular formula is C24H32N4O3S. The predicted molar refractivity (Wildman–Crippen MR) is 127 cm³/mol. The predicted octanol–water partition coefficient (Wildman–Crippen LogP) is 2.79. The Labute approximate surface area is 191 Å². The zero-order valence-corrected chi connectivity index (χ0v) is 19.6. The largest absolute Gasteiger partial charge is 0.369 e. The molecule has 0 saturated carbocycles. The lowest BCUT2D eigenvalue weighted by Gasteiger charge is -2.35. The Morgan fingerprint density at radius 1 is 0.938 bits per heavy atom. The van der Waals surface area contributed by atoms with Gasteiger partial charge in [0.25, 0.3) is 0 Å². The summed E-state index contributed by atoms with van der Waals surface area (Å²) < 4.78 is 27.1. The summed E-state index contributed by atoms with van der Waals surface area (Å²) in [5, 5.41) is 3.04. The Balaban J connectivity index is 1.34. The average Bonchev–Trinajstić information content (AvgIpc) is 2.80. The van der Waals surface area contributed by atoms with Crippen molar-refractivity contribution >= 4 is 27.3 Å². The second-order valence-electron chi connectivity index (χ2n) is 8.77. The van der Waals surface area contributed by atoms with Gasteiger partial charge in [0.2, 0.25) is 15.9 Å². The molecule has 4 rings (SSSR count). The minimum absolute atomic E-state index is 0.0338. The third kappa shape index (κ3) is 4.98. The Morgan fingerprint density at radius 3 is 2.22 bits per heavy atom. The molecule has 8 heteroatoms. The molecule has 1 amide bonds. The van der Waals surface area contributed by atoms with Gasteiger partial charge < -0.3 is 15.1 Å². The van der Waals surface area contributed by atoms with Crippen LogP contribution in [0.15, 0.2) is 53.4 Å². The molecule has 2 heterocycles. The first kappa shape index (κ1) is 22.8. The number of carbonyl (C=O) groups excluding carboxylic acids is 1. The summed E-state index contributed by atoms with van der Waals surface area (Å²) in [5.41, 5.74) is 3.16. The number of anilines is 2. The first-order valence-electron chi connectivity index (χ1n) is 11.2. The smallest absolute Gasteiger partial charge is 0.243 e. The Hall–Kier alpha value is -2.42. The summed E-state index contributed by atoms with van der Waals surface area (Å²) in [6.45, 7) is 6.91. The number of hydrogen-bond donors (Lipinski definition) is 1. The molecule has 2 aliphatic rings. The molecule has 0 unspecified atom stereocenters. The lowest BCUT2D eigenvalue weighted by atomic mass is 9.97. The van der Waals surface area contributed by atoms with Crippen LogP contribution in [0.25, 0.3) is 0 Å². The number of amides is 1. The van der Waals surface area contributed by atoms with Gasteiger partial charge in [0.15, 0.2) is 0 Å². The fourth-order valence-electron chi connectivity index (χ4n) is 4.48. The van der Waals surface area contributed by atoms with E-state index in [0.717, 1.165) is 37.4 Å². The van der Waals surface area contributed by atoms with E-state index in [0.29, 0.717) is 30.8 Å². The fraction of sp³-hybridized carbons (Fsp3) is 0.458. The van der Waals surface area contributed by atoms with Gasteiger partial charge in [-0.05, 0) is 62.7 Å². The van der Waals surface area contributed by atoms with Crippen LogP contribution in [0.1, 0.15) is 18.4 Å². The number of rotatable bonds is 5. The highest BCUT2D eigenvalue weighted by Gasteiger charge is 2.32. The van der Waals surface area contributed by atoms with Gasteiger partial charge in [0.1, 0.15) is 0 Å². The number of aryl methyl sites for hydroxylation is 1. The molecular weight excluding hydrogens is 424 g/mol. The maximum absolute atomic E-state index is 12.8. The zero-order chi connectivity index (χ0) is 22.7. The van der Waals surface area contributed by atoms with E-state index >= 15 is 0 Å². The molecule has 0 aromatic heterocycles. The number of nitrogens with one attached hydrogen (secondary N) is 1. The average molecular weight is 457 g/mol. The normalized spacial score (nSPS) is 19.1. The number of sulfonamides is 1. The SMILES string of the molecule is Cc1cc(NC(=O)C2CCN(S(=O)(=O)c3ccccc3)CC2)ccc1N1CCN(C)CC1. The standard InChI is InChI=1S/C24H32N4O3S/c1-19-18-21(8-9-23(19)27-16-14-26(2)15-17-27)25-24(29)20-10-12-28(13-11-20)32(30,31)22-6-4-3-5-7-22/h3-9,18,20H,10-17H2,1-2H3,(H,25,29). The minimum atomic E-state index is -3.50. The number of benzene rings is 2. The highest BCUT2D eigenvalue weighted by Crippen LogP contribution is 2.27. The van der Waals surface area contributed by atoms with Crippen LogP contribution in [0, 0.1) is 12.8 Å². The number of piperidine rings is 1. The topological polar surface area (TPSA) is 73.0 Å². The number of nitrogens with zero attached hydrogens (tertiary/aromatic N) is 3. The van der Waals surface area contributed by atoms with Gasteiger partial charge in [0, 0.05) is 56.6 Å². The summed E-state index contributed by atoms with van der Waals surface area (Å²) in [7, 11) is -1.36. The van der Waals surface area contributed by atoms with Crippen molar-refractivity contribution < 1.29 is 13.2 Å². The van der Waals surface area contributed by atoms with Gasteiger partial charge in [-0.3, -0.25) is 4.79 Å². The molecule has 0 bridgehead atoms. The van der Waals surface area contributed by atoms with Gasteiger partial charge in [-0.25, -0.2) is 8.42 Å². The molecule has 7 nitrogen and oxygen atoms in total. The number of carbonyl (C=O) groups is 1. The molecule has 2 aliphatic heterocycles. The van der Waals surface area contributed by atoms with Gasteiger partial charge in [-0.2, -0.15) is 4.31 Å². The molecule has 2 saturated heterocycles. The summed E-state index contributed by atoms with van der Waals surface area (Å²) in [5.74, 6) is -0.219. The molecule has 0 aliphatic carbocycles. The minimum Gasteiger partial charge on any atom is -0.369 e. The fourth-order valence-corrected chi connectivity index (χ4v) is 5.97. The second-order valence-corrected chi connectivity index (χ2v) is 10.7. The van der Waals surface area contributed by atoms with E-state index < -0.39 is 10.0 Å². The number of hydrogen-bond acceptors (Lipinski definition) is 5. The van der Waals surface area contributed by atoms with E-state index in [1.54, 1.807) is 30.3 Å². The molecule has 172 valence electrons. The van der Waals surface area contributed by atoms with Crippen molar-refractivity contribution in [2.45, 2.75) is 24.7 Å². The molecule has 32 heavy (non-hydrogen) atoms. The highest BCUT2D eigenvalue weighted by atomic mass is 32.2. The summed E-state index contributed by atoms with van der Waals surface area (Å²) >= 11 is 0. The van der Waals surface area contributed by atoms with E-state index in [1.807, 2.05) is 12.1 Å². The third-order valence-electron chi connectivity index (χ3n) is 6.51. The molecule has 0 atom stereocenters. The van der Waals surface area contributed by atoms with Crippen LogP contribution >= 0.6 is 0 Å². The van der Waals surface area contributed by atoms with Gasteiger partial charge in [-0.1, -0.05) is 18.2 Å². The maximum Gasteiger partial charge on any atom is 0.243 e. The first-order chi connectivity index (χ1) is 15.3. The van der Waals surface area contributed by atoms with Crippen LogP contribution in [-0.2, 0) is 14.8 Å². The Kier molecular flexibility index (Phi) is 6.83. The monoisotopic (exact) mass is 456 g/mol. The molecule has 2 fully saturated rings. The quantitative estimate of drug-likeness (QED) is 0.749. The van der Waals surface area contributed by atoms with Crippen molar-refractivity contribution in [3.63, 3.8) is 0 Å². The van der Waals surface area contributed by atoms with Crippen LogP contribution in [0.4, 0.5) is 11.4 Å². The lowest BCUT2D eigenvalue weighted by molar-refractivity contribution is -0.120. The van der Waals surface area contributed by atoms with Crippen molar-refractivity contribution in [2.24, 2.45) is 5.92 Å². The molecule has 2 aromatic rings. The third-order valence-corrected chi connectivity index (χ3v) is 8.43. The van der Waals surface area contributed by atoms with Crippen LogP contribution in [0.3, 0.4) is 0 Å². The van der Waals surface area contributed by atoms with Crippen molar-refractivity contribution in [1.29, 1.82) is 0 Å². The van der Waals surface area contributed by atoms with Crippen molar-refractivity contribution in [3.8, 4) is 0 Å². The van der Waals surface area contributed by atoms with Crippen LogP contribution in [0.5, 0.6) is 0 Å². The van der Waals surface area contributed by atoms with Crippen LogP contribution < -0.4 is 10.2 Å². The van der Waals surface area contributed by atoms with Crippen LogP contribution in [-0.4, -0.2) is 69.8 Å². The van der Waals surface area contributed by atoms with Crippen molar-refractivity contribution in [3.05, 3.63) is 54.1 Å². The molecule has 2 aromatic carbocycles. The van der Waals surface area contributed by atoms with Gasteiger partial charge in [-0.15, -0.1) is 0 Å². The van der Waals surface area contributed by atoms with E-state index in [1.165, 1.54) is 9.99 Å². The molecule has 0 radical (unpaired) electrons. The Morgan fingerprint density at radius 2 is 1.59 bits per heavy atom. The number of likely N-dealkylation sites (N-methyl/N-ethyl adjacent to an activating group) is 1. The van der Waals surface area contributed by atoms with Crippen molar-refractivity contribution in [1.82, 2.24) is 9.21 Å². The first-order valence-corrected chi connectivity index (χ1v) is 12.7. The maximum atomic E-state index is 12.8. The van der Waals surface area contributed by atoms with Crippen LogP contribution in [0.2, 0.25) is 0 Å². The second kappa shape index (κ2) is 9.60. The number of piperazine rings is 1. The van der Waals surface area contributed by atoms with E-state index in [4.69, 9.17) is 0 Å². The molecule has 0 spiro atoms. The van der Waals surface area contributed by atoms with E-state index in [9.17, 15) is 13.2 Å². The highest BCUT2D eigenvalue weighted by molar-refractivity contribution is 7.89. The van der Waals surface area contributed by atoms with E-state index in [-0.39, 0.29) is 11.8 Å². The van der Waals surface area contributed by atoms with E-state index in [2.05, 4.69) is 35.2 Å². The lowest BCUT2D eigenvalue weighted by Crippen LogP contribution is -2.44. The summed E-state index contributed by atoms with van der Waals surface area (Å²) in [6, 6.07) is 14.6. The molecule has 1 N–H and O–H groups in total. The summed E-state index contributed by atoms with van der Waals surface area (Å²) in [6.07, 6.45) is 1.05.